The minimum Gasteiger partial charge on any atom is -0.496 e. The van der Waals surface area contributed by atoms with Crippen molar-refractivity contribution < 1.29 is 23.7 Å². The number of nitrogens with zero attached hydrogens (tertiary/aromatic N) is 1. The summed E-state index contributed by atoms with van der Waals surface area (Å²) in [7, 11) is 2.93. The summed E-state index contributed by atoms with van der Waals surface area (Å²) in [6.07, 6.45) is 2.61. The molecular weight excluding hydrogens is 337 g/mol. The van der Waals surface area contributed by atoms with Gasteiger partial charge in [-0.05, 0) is 17.7 Å². The summed E-state index contributed by atoms with van der Waals surface area (Å²) in [5, 5.41) is 9.45. The van der Waals surface area contributed by atoms with E-state index in [9.17, 15) is 9.50 Å². The number of aromatic nitrogens is 1. The van der Waals surface area contributed by atoms with Crippen LogP contribution >= 0.6 is 11.6 Å². The quantitative estimate of drug-likeness (QED) is 0.769. The highest BCUT2D eigenvalue weighted by Crippen LogP contribution is 2.32. The van der Waals surface area contributed by atoms with Gasteiger partial charge in [0.05, 0.1) is 18.7 Å². The standard InChI is InChI=1S/C17H17ClFNO4/c1-22-10-24-15-5-3-4-11(17(15)18)6-13(19)14-7-16(23-2)12(9-21)8-20-14/h3-8,21H,9-10H2,1-2H3. The van der Waals surface area contributed by atoms with E-state index in [0.717, 1.165) is 0 Å². The van der Waals surface area contributed by atoms with Crippen molar-refractivity contribution in [3.63, 3.8) is 0 Å². The van der Waals surface area contributed by atoms with E-state index in [0.29, 0.717) is 22.6 Å². The Bertz CT molecular complexity index is 737. The highest BCUT2D eigenvalue weighted by atomic mass is 35.5. The maximum atomic E-state index is 14.5. The fourth-order valence-corrected chi connectivity index (χ4v) is 2.22. The molecule has 0 spiro atoms. The Kier molecular flexibility index (Phi) is 6.54. The predicted octanol–water partition coefficient (Wildman–Crippen LogP) is 3.69. The number of hydrogen-bond acceptors (Lipinski definition) is 5. The minimum absolute atomic E-state index is 0.0384. The Morgan fingerprint density at radius 1 is 1.33 bits per heavy atom. The summed E-state index contributed by atoms with van der Waals surface area (Å²) < 4.78 is 29.7. The lowest BCUT2D eigenvalue weighted by atomic mass is 10.1. The second-order valence-corrected chi connectivity index (χ2v) is 5.12. The lowest BCUT2D eigenvalue weighted by Gasteiger charge is -2.09. The van der Waals surface area contributed by atoms with Crippen molar-refractivity contribution in [2.75, 3.05) is 21.0 Å². The van der Waals surface area contributed by atoms with Crippen molar-refractivity contribution in [1.82, 2.24) is 4.98 Å². The lowest BCUT2D eigenvalue weighted by Crippen LogP contribution is -1.99. The molecule has 0 bridgehead atoms. The molecule has 2 rings (SSSR count). The number of aliphatic hydroxyl groups is 1. The number of methoxy groups -OCH3 is 2. The van der Waals surface area contributed by atoms with Gasteiger partial charge in [-0.25, -0.2) is 4.39 Å². The Morgan fingerprint density at radius 3 is 2.79 bits per heavy atom. The summed E-state index contributed by atoms with van der Waals surface area (Å²) in [5.74, 6) is 0.152. The minimum atomic E-state index is -0.594. The van der Waals surface area contributed by atoms with Gasteiger partial charge in [-0.3, -0.25) is 4.98 Å². The molecule has 1 heterocycles. The molecular formula is C17H17ClFNO4. The van der Waals surface area contributed by atoms with Crippen LogP contribution in [0.25, 0.3) is 11.9 Å². The van der Waals surface area contributed by atoms with E-state index < -0.39 is 5.83 Å². The first kappa shape index (κ1) is 18.2. The fraction of sp³-hybridized carbons (Fsp3) is 0.235. The average molecular weight is 354 g/mol. The Hall–Kier alpha value is -2.15. The van der Waals surface area contributed by atoms with Gasteiger partial charge in [0.1, 0.15) is 23.0 Å². The van der Waals surface area contributed by atoms with Gasteiger partial charge in [-0.2, -0.15) is 0 Å². The van der Waals surface area contributed by atoms with Crippen molar-refractivity contribution in [3.8, 4) is 11.5 Å². The number of benzene rings is 1. The molecule has 24 heavy (non-hydrogen) atoms. The molecule has 1 aromatic carbocycles. The van der Waals surface area contributed by atoms with Crippen LogP contribution in [0.15, 0.2) is 30.5 Å². The Morgan fingerprint density at radius 2 is 2.12 bits per heavy atom. The van der Waals surface area contributed by atoms with Gasteiger partial charge in [-0.1, -0.05) is 23.7 Å². The van der Waals surface area contributed by atoms with Crippen LogP contribution in [0.1, 0.15) is 16.8 Å². The maximum Gasteiger partial charge on any atom is 0.188 e. The summed E-state index contributed by atoms with van der Waals surface area (Å²) in [5.41, 5.74) is 0.986. The molecule has 0 saturated carbocycles. The van der Waals surface area contributed by atoms with Gasteiger partial charge in [0, 0.05) is 24.9 Å². The summed E-state index contributed by atoms with van der Waals surface area (Å²) in [6, 6.07) is 6.42. The third kappa shape index (κ3) is 4.23. The summed E-state index contributed by atoms with van der Waals surface area (Å²) >= 11 is 6.21. The maximum absolute atomic E-state index is 14.5. The van der Waals surface area contributed by atoms with Crippen molar-refractivity contribution in [1.29, 1.82) is 0 Å². The number of ether oxygens (including phenoxy) is 3. The van der Waals surface area contributed by atoms with E-state index >= 15 is 0 Å². The number of halogens is 2. The van der Waals surface area contributed by atoms with E-state index in [4.69, 9.17) is 25.8 Å². The molecule has 0 unspecified atom stereocenters. The van der Waals surface area contributed by atoms with Gasteiger partial charge >= 0.3 is 0 Å². The first-order valence-corrected chi connectivity index (χ1v) is 7.40. The van der Waals surface area contributed by atoms with Crippen molar-refractivity contribution >= 4 is 23.5 Å². The number of hydrogen-bond donors (Lipinski definition) is 1. The van der Waals surface area contributed by atoms with Gasteiger partial charge in [0.15, 0.2) is 6.79 Å². The lowest BCUT2D eigenvalue weighted by molar-refractivity contribution is 0.0512. The molecule has 0 radical (unpaired) electrons. The molecule has 1 aromatic heterocycles. The smallest absolute Gasteiger partial charge is 0.188 e. The van der Waals surface area contributed by atoms with Crippen molar-refractivity contribution in [2.24, 2.45) is 0 Å². The number of pyridine rings is 1. The van der Waals surface area contributed by atoms with Gasteiger partial charge < -0.3 is 19.3 Å². The van der Waals surface area contributed by atoms with E-state index in [1.807, 2.05) is 0 Å². The molecule has 0 aliphatic heterocycles. The van der Waals surface area contributed by atoms with E-state index in [2.05, 4.69) is 4.98 Å². The van der Waals surface area contributed by atoms with Crippen LogP contribution in [0.2, 0.25) is 5.02 Å². The number of aliphatic hydroxyl groups excluding tert-OH is 1. The molecule has 0 saturated heterocycles. The average Bonchev–Trinajstić information content (AvgIpc) is 2.61. The summed E-state index contributed by atoms with van der Waals surface area (Å²) in [4.78, 5) is 3.98. The van der Waals surface area contributed by atoms with Crippen molar-refractivity contribution in [3.05, 3.63) is 52.3 Å². The molecule has 7 heteroatoms. The molecule has 5 nitrogen and oxygen atoms in total. The van der Waals surface area contributed by atoms with Crippen LogP contribution in [0.5, 0.6) is 11.5 Å². The predicted molar refractivity (Wildman–Crippen MR) is 89.6 cm³/mol. The zero-order valence-corrected chi connectivity index (χ0v) is 14.0. The van der Waals surface area contributed by atoms with Crippen LogP contribution in [0, 0.1) is 0 Å². The highest BCUT2D eigenvalue weighted by molar-refractivity contribution is 6.33. The van der Waals surface area contributed by atoms with Crippen LogP contribution in [-0.4, -0.2) is 31.1 Å². The first-order valence-electron chi connectivity index (χ1n) is 7.02. The second-order valence-electron chi connectivity index (χ2n) is 4.74. The fourth-order valence-electron chi connectivity index (χ4n) is 1.99. The Labute approximate surface area is 144 Å². The van der Waals surface area contributed by atoms with Crippen LogP contribution in [0.3, 0.4) is 0 Å². The molecule has 0 atom stereocenters. The van der Waals surface area contributed by atoms with Crippen LogP contribution in [-0.2, 0) is 11.3 Å². The van der Waals surface area contributed by atoms with E-state index in [1.165, 1.54) is 32.6 Å². The van der Waals surface area contributed by atoms with Crippen molar-refractivity contribution in [2.45, 2.75) is 6.61 Å². The van der Waals surface area contributed by atoms with Gasteiger partial charge in [0.25, 0.3) is 0 Å². The topological polar surface area (TPSA) is 60.8 Å². The summed E-state index contributed by atoms with van der Waals surface area (Å²) in [6.45, 7) is -0.205. The SMILES string of the molecule is COCOc1cccc(C=C(F)c2cc(OC)c(CO)cn2)c1Cl. The molecule has 1 N–H and O–H groups in total. The Balaban J connectivity index is 2.34. The normalized spacial score (nSPS) is 11.5. The highest BCUT2D eigenvalue weighted by Gasteiger charge is 2.11. The zero-order chi connectivity index (χ0) is 17.5. The monoisotopic (exact) mass is 353 g/mol. The molecule has 2 aromatic rings. The second kappa shape index (κ2) is 8.63. The number of rotatable bonds is 7. The zero-order valence-electron chi connectivity index (χ0n) is 13.3. The third-order valence-corrected chi connectivity index (χ3v) is 3.59. The van der Waals surface area contributed by atoms with E-state index in [1.54, 1.807) is 18.2 Å². The molecule has 0 aliphatic carbocycles. The third-order valence-electron chi connectivity index (χ3n) is 3.19. The van der Waals surface area contributed by atoms with Crippen LogP contribution < -0.4 is 9.47 Å². The van der Waals surface area contributed by atoms with E-state index in [-0.39, 0.29) is 24.1 Å². The molecule has 128 valence electrons. The molecule has 0 aliphatic rings. The first-order chi connectivity index (χ1) is 11.6. The van der Waals surface area contributed by atoms with Gasteiger partial charge in [0.2, 0.25) is 0 Å². The largest absolute Gasteiger partial charge is 0.496 e. The molecule has 0 amide bonds. The van der Waals surface area contributed by atoms with Crippen LogP contribution in [0.4, 0.5) is 4.39 Å². The molecule has 0 fully saturated rings. The van der Waals surface area contributed by atoms with Gasteiger partial charge in [-0.15, -0.1) is 0 Å².